The molecule has 6 heteroatoms. The van der Waals surface area contributed by atoms with Gasteiger partial charge >= 0.3 is 6.18 Å². The zero-order valence-electron chi connectivity index (χ0n) is 11.6. The van der Waals surface area contributed by atoms with Crippen molar-refractivity contribution >= 4 is 5.91 Å². The van der Waals surface area contributed by atoms with Crippen LogP contribution in [0.3, 0.4) is 0 Å². The lowest BCUT2D eigenvalue weighted by atomic mass is 9.80. The molecule has 0 radical (unpaired) electrons. The quantitative estimate of drug-likeness (QED) is 0.836. The molecule has 20 heavy (non-hydrogen) atoms. The van der Waals surface area contributed by atoms with Crippen LogP contribution in [0.15, 0.2) is 0 Å². The number of alkyl halides is 3. The maximum atomic E-state index is 12.7. The molecule has 3 atom stereocenters. The van der Waals surface area contributed by atoms with Crippen LogP contribution in [0.4, 0.5) is 13.2 Å². The van der Waals surface area contributed by atoms with E-state index in [4.69, 9.17) is 0 Å². The van der Waals surface area contributed by atoms with Gasteiger partial charge in [0.05, 0.1) is 5.92 Å². The van der Waals surface area contributed by atoms with Gasteiger partial charge in [-0.1, -0.05) is 6.42 Å². The summed E-state index contributed by atoms with van der Waals surface area (Å²) in [6.07, 6.45) is 0.181. The molecule has 0 aromatic carbocycles. The van der Waals surface area contributed by atoms with Crippen LogP contribution in [0.2, 0.25) is 0 Å². The number of nitrogens with one attached hydrogen (secondary N) is 2. The van der Waals surface area contributed by atoms with Gasteiger partial charge in [0.15, 0.2) is 0 Å². The molecule has 3 nitrogen and oxygen atoms in total. The van der Waals surface area contributed by atoms with Gasteiger partial charge in [0, 0.05) is 18.5 Å². The van der Waals surface area contributed by atoms with E-state index in [-0.39, 0.29) is 18.7 Å². The Morgan fingerprint density at radius 2 is 2.00 bits per heavy atom. The molecule has 116 valence electrons. The number of carbonyl (C=O) groups is 1. The first-order valence-electron chi connectivity index (χ1n) is 7.54. The molecule has 1 saturated heterocycles. The van der Waals surface area contributed by atoms with Crippen LogP contribution in [0.1, 0.15) is 44.9 Å². The first kappa shape index (κ1) is 15.6. The van der Waals surface area contributed by atoms with Gasteiger partial charge in [-0.15, -0.1) is 0 Å². The second-order valence-corrected chi connectivity index (χ2v) is 5.98. The van der Waals surface area contributed by atoms with Gasteiger partial charge in [0.2, 0.25) is 5.91 Å². The van der Waals surface area contributed by atoms with Crippen LogP contribution in [-0.4, -0.2) is 31.2 Å². The van der Waals surface area contributed by atoms with Gasteiger partial charge in [-0.2, -0.15) is 13.2 Å². The summed E-state index contributed by atoms with van der Waals surface area (Å²) in [5.74, 6) is -1.97. The monoisotopic (exact) mass is 292 g/mol. The average Bonchev–Trinajstić information content (AvgIpc) is 2.91. The number of hydrogen-bond acceptors (Lipinski definition) is 2. The first-order chi connectivity index (χ1) is 9.47. The fraction of sp³-hybridized carbons (Fsp3) is 0.929. The van der Waals surface area contributed by atoms with Gasteiger partial charge < -0.3 is 10.6 Å². The Morgan fingerprint density at radius 3 is 2.65 bits per heavy atom. The molecule has 1 aliphatic carbocycles. The predicted octanol–water partition coefficient (Wildman–Crippen LogP) is 2.61. The van der Waals surface area contributed by atoms with Crippen molar-refractivity contribution < 1.29 is 18.0 Å². The third kappa shape index (κ3) is 4.36. The largest absolute Gasteiger partial charge is 0.391 e. The number of amides is 1. The number of halogens is 3. The van der Waals surface area contributed by atoms with Crippen LogP contribution in [-0.2, 0) is 4.79 Å². The van der Waals surface area contributed by atoms with Gasteiger partial charge in [-0.3, -0.25) is 4.79 Å². The molecule has 0 spiro atoms. The van der Waals surface area contributed by atoms with Crippen LogP contribution < -0.4 is 10.6 Å². The smallest absolute Gasteiger partial charge is 0.356 e. The van der Waals surface area contributed by atoms with Crippen molar-refractivity contribution in [2.75, 3.05) is 13.1 Å². The highest BCUT2D eigenvalue weighted by atomic mass is 19.4. The fourth-order valence-corrected chi connectivity index (χ4v) is 3.24. The molecule has 2 fully saturated rings. The summed E-state index contributed by atoms with van der Waals surface area (Å²) in [6, 6.07) is 0.449. The topological polar surface area (TPSA) is 41.1 Å². The first-order valence-corrected chi connectivity index (χ1v) is 7.54. The molecule has 2 aliphatic rings. The van der Waals surface area contributed by atoms with Crippen LogP contribution in [0.25, 0.3) is 0 Å². The standard InChI is InChI=1S/C14H23F3N2O/c15-14(16,17)11-4-1-3-10(9-11)13(20)19-8-6-12-5-2-7-18-12/h10-12,18H,1-9H2,(H,19,20). The fourth-order valence-electron chi connectivity index (χ4n) is 3.24. The molecule has 0 aromatic rings. The van der Waals surface area contributed by atoms with Crippen LogP contribution >= 0.6 is 0 Å². The average molecular weight is 292 g/mol. The summed E-state index contributed by atoms with van der Waals surface area (Å²) in [5.41, 5.74) is 0. The van der Waals surface area contributed by atoms with E-state index in [9.17, 15) is 18.0 Å². The Bertz CT molecular complexity index is 327. The van der Waals surface area contributed by atoms with E-state index in [1.165, 1.54) is 0 Å². The molecule has 0 bridgehead atoms. The summed E-state index contributed by atoms with van der Waals surface area (Å²) >= 11 is 0. The molecule has 1 aliphatic heterocycles. The molecular weight excluding hydrogens is 269 g/mol. The lowest BCUT2D eigenvalue weighted by Crippen LogP contribution is -2.38. The van der Waals surface area contributed by atoms with Crippen LogP contribution in [0.5, 0.6) is 0 Å². The van der Waals surface area contributed by atoms with Crippen molar-refractivity contribution in [3.8, 4) is 0 Å². The Balaban J connectivity index is 1.71. The highest BCUT2D eigenvalue weighted by Gasteiger charge is 2.43. The number of hydrogen-bond donors (Lipinski definition) is 2. The highest BCUT2D eigenvalue weighted by Crippen LogP contribution is 2.39. The van der Waals surface area contributed by atoms with Crippen molar-refractivity contribution in [3.63, 3.8) is 0 Å². The minimum atomic E-state index is -4.16. The Labute approximate surface area is 117 Å². The van der Waals surface area contributed by atoms with E-state index in [0.717, 1.165) is 25.8 Å². The summed E-state index contributed by atoms with van der Waals surface area (Å²) < 4.78 is 38.1. The zero-order valence-corrected chi connectivity index (χ0v) is 11.6. The van der Waals surface area contributed by atoms with Gasteiger partial charge in [-0.25, -0.2) is 0 Å². The SMILES string of the molecule is O=C(NCCC1CCCN1)C1CCCC(C(F)(F)F)C1. The third-order valence-corrected chi connectivity index (χ3v) is 4.46. The van der Waals surface area contributed by atoms with Crippen molar-refractivity contribution in [2.45, 2.75) is 57.2 Å². The minimum Gasteiger partial charge on any atom is -0.356 e. The molecule has 1 saturated carbocycles. The number of carbonyl (C=O) groups excluding carboxylic acids is 1. The summed E-state index contributed by atoms with van der Waals surface area (Å²) in [6.45, 7) is 1.58. The van der Waals surface area contributed by atoms with Gasteiger partial charge in [0.1, 0.15) is 0 Å². The second kappa shape index (κ2) is 6.78. The van der Waals surface area contributed by atoms with Crippen molar-refractivity contribution in [3.05, 3.63) is 0 Å². The maximum absolute atomic E-state index is 12.7. The molecule has 2 N–H and O–H groups in total. The Kier molecular flexibility index (Phi) is 5.29. The Hall–Kier alpha value is -0.780. The van der Waals surface area contributed by atoms with Crippen molar-refractivity contribution in [2.24, 2.45) is 11.8 Å². The lowest BCUT2D eigenvalue weighted by Gasteiger charge is -2.29. The maximum Gasteiger partial charge on any atom is 0.391 e. The van der Waals surface area contributed by atoms with E-state index in [2.05, 4.69) is 10.6 Å². The zero-order chi connectivity index (χ0) is 14.6. The summed E-state index contributed by atoms with van der Waals surface area (Å²) in [7, 11) is 0. The number of rotatable bonds is 4. The van der Waals surface area contributed by atoms with E-state index in [1.54, 1.807) is 0 Å². The molecule has 3 unspecified atom stereocenters. The molecule has 0 aromatic heterocycles. The second-order valence-electron chi connectivity index (χ2n) is 5.98. The van der Waals surface area contributed by atoms with Crippen molar-refractivity contribution in [1.82, 2.24) is 10.6 Å². The van der Waals surface area contributed by atoms with E-state index >= 15 is 0 Å². The highest BCUT2D eigenvalue weighted by molar-refractivity contribution is 5.78. The van der Waals surface area contributed by atoms with Crippen LogP contribution in [0, 0.1) is 11.8 Å². The molecule has 2 rings (SSSR count). The third-order valence-electron chi connectivity index (χ3n) is 4.46. The van der Waals surface area contributed by atoms with Gasteiger partial charge in [-0.05, 0) is 45.1 Å². The van der Waals surface area contributed by atoms with Gasteiger partial charge in [0.25, 0.3) is 0 Å². The lowest BCUT2D eigenvalue weighted by molar-refractivity contribution is -0.186. The summed E-state index contributed by atoms with van der Waals surface area (Å²) in [5, 5.41) is 6.14. The van der Waals surface area contributed by atoms with E-state index in [0.29, 0.717) is 25.4 Å². The van der Waals surface area contributed by atoms with Crippen molar-refractivity contribution in [1.29, 1.82) is 0 Å². The predicted molar refractivity (Wildman–Crippen MR) is 70.2 cm³/mol. The minimum absolute atomic E-state index is 0.0446. The van der Waals surface area contributed by atoms with E-state index < -0.39 is 18.0 Å². The van der Waals surface area contributed by atoms with E-state index in [1.807, 2.05) is 0 Å². The molecule has 1 heterocycles. The molecular formula is C14H23F3N2O. The Morgan fingerprint density at radius 1 is 1.20 bits per heavy atom. The summed E-state index contributed by atoms with van der Waals surface area (Å²) in [4.78, 5) is 11.9. The normalized spacial score (nSPS) is 31.2. The molecule has 1 amide bonds.